The maximum Gasteiger partial charge on any atom is 0.337 e. The Morgan fingerprint density at radius 3 is 2.64 bits per heavy atom. The molecule has 1 N–H and O–H groups in total. The number of carboxylic acid groups (broad SMARTS) is 1. The lowest BCUT2D eigenvalue weighted by atomic mass is 9.82. The number of hydrogen-bond donors (Lipinski definition) is 1. The lowest BCUT2D eigenvalue weighted by Crippen LogP contribution is -2.54. The van der Waals surface area contributed by atoms with Crippen LogP contribution in [0.5, 0.6) is 11.5 Å². The normalized spacial score (nSPS) is 19.8. The molecule has 1 aliphatic carbocycles. The van der Waals surface area contributed by atoms with E-state index in [2.05, 4.69) is 9.97 Å². The predicted octanol–water partition coefficient (Wildman–Crippen LogP) is 5.41. The number of piperidine rings is 1. The molecular formula is C33H29N3O6. The van der Waals surface area contributed by atoms with Crippen LogP contribution in [0.4, 0.5) is 0 Å². The molecule has 9 nitrogen and oxygen atoms in total. The van der Waals surface area contributed by atoms with Gasteiger partial charge in [-0.1, -0.05) is 6.07 Å². The minimum Gasteiger partial charge on any atom is -0.496 e. The summed E-state index contributed by atoms with van der Waals surface area (Å²) in [6, 6.07) is 12.8. The lowest BCUT2D eigenvalue weighted by molar-refractivity contribution is -0.139. The number of carbonyl (C=O) groups is 3. The number of amides is 2. The van der Waals surface area contributed by atoms with E-state index < -0.39 is 11.6 Å². The summed E-state index contributed by atoms with van der Waals surface area (Å²) in [5.41, 5.74) is 3.42. The number of aryl methyl sites for hydroxylation is 1. The maximum absolute atomic E-state index is 13.7. The second kappa shape index (κ2) is 9.94. The number of hydrogen-bond acceptors (Lipinski definition) is 7. The van der Waals surface area contributed by atoms with Crippen molar-refractivity contribution in [1.29, 1.82) is 0 Å². The van der Waals surface area contributed by atoms with Gasteiger partial charge < -0.3 is 14.6 Å². The van der Waals surface area contributed by atoms with Crippen molar-refractivity contribution in [1.82, 2.24) is 14.9 Å². The standard InChI is InChI=1S/C33H29N3O6/c1-41-28-15-22(14-26-25(28)7-10-35-30(26)19-2-3-19)31(38)36-11-9-33(16-29(36)37)8-6-21-12-20(4-5-27(21)42-33)23-13-24(32(39)40)18-34-17-23/h4-5,7,10,12-15,17-19H,2-3,6,8-9,11,16H2,1H3,(H,39,40). The van der Waals surface area contributed by atoms with Crippen molar-refractivity contribution >= 4 is 28.6 Å². The summed E-state index contributed by atoms with van der Waals surface area (Å²) >= 11 is 0. The molecule has 9 heteroatoms. The van der Waals surface area contributed by atoms with Crippen LogP contribution in [0, 0.1) is 0 Å². The SMILES string of the molecule is COc1cc(C(=O)N2CCC3(CCc4cc(-c5cncc(C(=O)O)c5)ccc4O3)CC2=O)cc2c(C3CC3)nccc12. The van der Waals surface area contributed by atoms with E-state index in [4.69, 9.17) is 9.47 Å². The van der Waals surface area contributed by atoms with Gasteiger partial charge in [0.1, 0.15) is 17.1 Å². The Morgan fingerprint density at radius 1 is 1.02 bits per heavy atom. The number of nitrogens with zero attached hydrogens (tertiary/aromatic N) is 3. The molecule has 2 aromatic carbocycles. The van der Waals surface area contributed by atoms with E-state index in [-0.39, 0.29) is 30.3 Å². The fourth-order valence-electron chi connectivity index (χ4n) is 6.23. The Morgan fingerprint density at radius 2 is 1.88 bits per heavy atom. The minimum atomic E-state index is -1.03. The topological polar surface area (TPSA) is 119 Å². The molecule has 3 aliphatic rings. The molecule has 0 radical (unpaired) electrons. The number of aromatic carboxylic acids is 1. The van der Waals surface area contributed by atoms with Crippen molar-refractivity contribution in [2.75, 3.05) is 13.7 Å². The van der Waals surface area contributed by atoms with Gasteiger partial charge in [0.25, 0.3) is 5.91 Å². The molecule has 212 valence electrons. The third kappa shape index (κ3) is 4.55. The Bertz CT molecular complexity index is 1780. The number of benzene rings is 2. The summed E-state index contributed by atoms with van der Waals surface area (Å²) in [7, 11) is 1.58. The minimum absolute atomic E-state index is 0.115. The Kier molecular flexibility index (Phi) is 6.18. The van der Waals surface area contributed by atoms with Gasteiger partial charge in [-0.3, -0.25) is 24.5 Å². The monoisotopic (exact) mass is 563 g/mol. The Labute approximate surface area is 242 Å². The van der Waals surface area contributed by atoms with Crippen LogP contribution in [0.15, 0.2) is 61.1 Å². The van der Waals surface area contributed by atoms with Gasteiger partial charge in [-0.05, 0) is 73.2 Å². The van der Waals surface area contributed by atoms with Crippen molar-refractivity contribution in [3.8, 4) is 22.6 Å². The first kappa shape index (κ1) is 26.1. The quantitative estimate of drug-likeness (QED) is 0.320. The molecule has 4 heterocycles. The van der Waals surface area contributed by atoms with E-state index in [1.165, 1.54) is 11.1 Å². The molecule has 7 rings (SSSR count). The number of pyridine rings is 2. The average Bonchev–Trinajstić information content (AvgIpc) is 3.85. The summed E-state index contributed by atoms with van der Waals surface area (Å²) in [5, 5.41) is 11.1. The number of ether oxygens (including phenoxy) is 2. The fourth-order valence-corrected chi connectivity index (χ4v) is 6.23. The average molecular weight is 564 g/mol. The van der Waals surface area contributed by atoms with Crippen molar-refractivity contribution in [2.45, 2.75) is 50.0 Å². The van der Waals surface area contributed by atoms with Gasteiger partial charge in [-0.15, -0.1) is 0 Å². The molecule has 4 aromatic rings. The number of fused-ring (bicyclic) bond motifs is 2. The van der Waals surface area contributed by atoms with Gasteiger partial charge in [0.2, 0.25) is 5.91 Å². The van der Waals surface area contributed by atoms with Gasteiger partial charge >= 0.3 is 5.97 Å². The smallest absolute Gasteiger partial charge is 0.337 e. The molecule has 0 bridgehead atoms. The highest BCUT2D eigenvalue weighted by Crippen LogP contribution is 2.44. The highest BCUT2D eigenvalue weighted by atomic mass is 16.5. The van der Waals surface area contributed by atoms with Crippen LogP contribution in [-0.2, 0) is 11.2 Å². The summed E-state index contributed by atoms with van der Waals surface area (Å²) in [6.45, 7) is 0.265. The number of rotatable bonds is 5. The first-order chi connectivity index (χ1) is 20.3. The molecule has 2 aromatic heterocycles. The third-order valence-electron chi connectivity index (χ3n) is 8.67. The second-order valence-electron chi connectivity index (χ2n) is 11.4. The van der Waals surface area contributed by atoms with E-state index in [1.807, 2.05) is 30.3 Å². The molecule has 1 saturated carbocycles. The molecule has 1 atom stereocenters. The molecule has 1 unspecified atom stereocenters. The molecular weight excluding hydrogens is 534 g/mol. The molecule has 2 aliphatic heterocycles. The molecule has 2 amide bonds. The summed E-state index contributed by atoms with van der Waals surface area (Å²) in [4.78, 5) is 48.5. The van der Waals surface area contributed by atoms with E-state index >= 15 is 0 Å². The predicted molar refractivity (Wildman–Crippen MR) is 154 cm³/mol. The number of methoxy groups -OCH3 is 1. The zero-order valence-corrected chi connectivity index (χ0v) is 23.1. The molecule has 1 spiro atoms. The zero-order valence-electron chi connectivity index (χ0n) is 23.1. The largest absolute Gasteiger partial charge is 0.496 e. The van der Waals surface area contributed by atoms with E-state index in [0.29, 0.717) is 47.8 Å². The number of carboxylic acids is 1. The third-order valence-corrected chi connectivity index (χ3v) is 8.67. The van der Waals surface area contributed by atoms with Crippen molar-refractivity contribution < 1.29 is 29.0 Å². The Hall–Kier alpha value is -4.79. The number of likely N-dealkylation sites (tertiary alicyclic amines) is 1. The lowest BCUT2D eigenvalue weighted by Gasteiger charge is -2.43. The highest BCUT2D eigenvalue weighted by molar-refractivity contribution is 6.08. The maximum atomic E-state index is 13.7. The van der Waals surface area contributed by atoms with Gasteiger partial charge in [-0.25, -0.2) is 4.79 Å². The van der Waals surface area contributed by atoms with Gasteiger partial charge in [0.05, 0.1) is 24.8 Å². The summed E-state index contributed by atoms with van der Waals surface area (Å²) < 4.78 is 12.1. The number of carbonyl (C=O) groups excluding carboxylic acids is 2. The Balaban J connectivity index is 1.10. The van der Waals surface area contributed by atoms with Crippen LogP contribution in [0.2, 0.25) is 0 Å². The number of aromatic nitrogens is 2. The van der Waals surface area contributed by atoms with Crippen LogP contribution in [0.25, 0.3) is 21.9 Å². The summed E-state index contributed by atoms with van der Waals surface area (Å²) in [5.74, 6) is 0.0859. The molecule has 2 fully saturated rings. The van der Waals surface area contributed by atoms with Crippen LogP contribution in [0.1, 0.15) is 70.0 Å². The van der Waals surface area contributed by atoms with Crippen LogP contribution >= 0.6 is 0 Å². The second-order valence-corrected chi connectivity index (χ2v) is 11.4. The van der Waals surface area contributed by atoms with Gasteiger partial charge in [-0.2, -0.15) is 0 Å². The first-order valence-corrected chi connectivity index (χ1v) is 14.2. The molecule has 42 heavy (non-hydrogen) atoms. The van der Waals surface area contributed by atoms with Crippen LogP contribution < -0.4 is 9.47 Å². The number of imide groups is 1. The van der Waals surface area contributed by atoms with E-state index in [9.17, 15) is 19.5 Å². The van der Waals surface area contributed by atoms with E-state index in [1.54, 1.807) is 31.6 Å². The van der Waals surface area contributed by atoms with Crippen LogP contribution in [0.3, 0.4) is 0 Å². The first-order valence-electron chi connectivity index (χ1n) is 14.2. The van der Waals surface area contributed by atoms with Gasteiger partial charge in [0, 0.05) is 59.4 Å². The fraction of sp³-hybridized carbons (Fsp3) is 0.303. The van der Waals surface area contributed by atoms with Crippen molar-refractivity contribution in [2.24, 2.45) is 0 Å². The van der Waals surface area contributed by atoms with Crippen molar-refractivity contribution in [3.63, 3.8) is 0 Å². The van der Waals surface area contributed by atoms with Crippen LogP contribution in [-0.4, -0.2) is 57.0 Å². The summed E-state index contributed by atoms with van der Waals surface area (Å²) in [6.07, 6.45) is 8.91. The highest BCUT2D eigenvalue weighted by Gasteiger charge is 2.45. The zero-order chi connectivity index (χ0) is 29.0. The van der Waals surface area contributed by atoms with E-state index in [0.717, 1.165) is 40.4 Å². The van der Waals surface area contributed by atoms with Crippen molar-refractivity contribution in [3.05, 3.63) is 83.4 Å². The van der Waals surface area contributed by atoms with Gasteiger partial charge in [0.15, 0.2) is 0 Å². The molecule has 1 saturated heterocycles.